The van der Waals surface area contributed by atoms with Crippen LogP contribution in [0.2, 0.25) is 0 Å². The molecule has 22 heavy (non-hydrogen) atoms. The minimum Gasteiger partial charge on any atom is -0.465 e. The summed E-state index contributed by atoms with van der Waals surface area (Å²) in [5.41, 5.74) is 2.88. The number of carbonyl (C=O) groups is 2. The van der Waals surface area contributed by atoms with Crippen LogP contribution in [0.15, 0.2) is 18.2 Å². The summed E-state index contributed by atoms with van der Waals surface area (Å²) in [5.74, 6) is 0.406. The third-order valence-corrected chi connectivity index (χ3v) is 4.26. The van der Waals surface area contributed by atoms with Crippen molar-refractivity contribution in [3.8, 4) is 0 Å². The minimum absolute atomic E-state index is 0.0606. The molecule has 2 aromatic rings. The van der Waals surface area contributed by atoms with Crippen LogP contribution in [-0.2, 0) is 0 Å². The summed E-state index contributed by atoms with van der Waals surface area (Å²) in [5, 5.41) is 9.05. The summed E-state index contributed by atoms with van der Waals surface area (Å²) < 4.78 is 2.00. The Morgan fingerprint density at radius 3 is 2.55 bits per heavy atom. The fourth-order valence-electron chi connectivity index (χ4n) is 3.14. The molecule has 6 nitrogen and oxygen atoms in total. The van der Waals surface area contributed by atoms with Crippen LogP contribution in [-0.4, -0.2) is 44.5 Å². The number of aryl methyl sites for hydroxylation is 1. The van der Waals surface area contributed by atoms with Crippen molar-refractivity contribution in [2.75, 3.05) is 13.1 Å². The van der Waals surface area contributed by atoms with Crippen molar-refractivity contribution in [1.29, 1.82) is 0 Å². The molecule has 0 bridgehead atoms. The Kier molecular flexibility index (Phi) is 3.60. The molecule has 1 fully saturated rings. The number of carboxylic acid groups (broad SMARTS) is 1. The standard InChI is InChI=1S/C16H19N3O3/c1-10-3-4-14-13(9-10)17-15(11(2)20)19(14)12-5-7-18(8-6-12)16(21)22/h3-4,9,12H,5-8H2,1-2H3,(H,21,22). The van der Waals surface area contributed by atoms with Crippen molar-refractivity contribution in [3.63, 3.8) is 0 Å². The summed E-state index contributed by atoms with van der Waals surface area (Å²) >= 11 is 0. The van der Waals surface area contributed by atoms with Gasteiger partial charge in [-0.15, -0.1) is 0 Å². The van der Waals surface area contributed by atoms with Gasteiger partial charge in [-0.1, -0.05) is 6.07 Å². The second-order valence-corrected chi connectivity index (χ2v) is 5.85. The van der Waals surface area contributed by atoms with Gasteiger partial charge in [0.15, 0.2) is 11.6 Å². The van der Waals surface area contributed by atoms with Crippen LogP contribution in [0.5, 0.6) is 0 Å². The number of carbonyl (C=O) groups excluding carboxylic acids is 1. The highest BCUT2D eigenvalue weighted by atomic mass is 16.4. The Hall–Kier alpha value is -2.37. The molecule has 0 aliphatic carbocycles. The molecule has 0 atom stereocenters. The Labute approximate surface area is 128 Å². The molecule has 2 heterocycles. The summed E-state index contributed by atoms with van der Waals surface area (Å²) in [6.45, 7) is 4.50. The number of hydrogen-bond donors (Lipinski definition) is 1. The van der Waals surface area contributed by atoms with Gasteiger partial charge >= 0.3 is 6.09 Å². The number of hydrogen-bond acceptors (Lipinski definition) is 3. The van der Waals surface area contributed by atoms with Crippen molar-refractivity contribution < 1.29 is 14.7 Å². The lowest BCUT2D eigenvalue weighted by Gasteiger charge is -2.31. The van der Waals surface area contributed by atoms with Gasteiger partial charge in [0, 0.05) is 26.1 Å². The number of nitrogens with zero attached hydrogens (tertiary/aromatic N) is 3. The van der Waals surface area contributed by atoms with Gasteiger partial charge in [-0.25, -0.2) is 9.78 Å². The first kappa shape index (κ1) is 14.6. The van der Waals surface area contributed by atoms with E-state index in [-0.39, 0.29) is 11.8 Å². The lowest BCUT2D eigenvalue weighted by atomic mass is 10.0. The third kappa shape index (κ3) is 2.45. The number of piperidine rings is 1. The van der Waals surface area contributed by atoms with Gasteiger partial charge in [-0.05, 0) is 37.5 Å². The first-order valence-corrected chi connectivity index (χ1v) is 7.45. The van der Waals surface area contributed by atoms with Crippen LogP contribution < -0.4 is 0 Å². The van der Waals surface area contributed by atoms with E-state index in [0.29, 0.717) is 31.8 Å². The second-order valence-electron chi connectivity index (χ2n) is 5.85. The number of rotatable bonds is 2. The number of fused-ring (bicyclic) bond motifs is 1. The maximum atomic E-state index is 11.9. The summed E-state index contributed by atoms with van der Waals surface area (Å²) in [7, 11) is 0. The average molecular weight is 301 g/mol. The van der Waals surface area contributed by atoms with Crippen LogP contribution in [0, 0.1) is 6.92 Å². The first-order chi connectivity index (χ1) is 10.5. The Bertz CT molecular complexity index is 742. The van der Waals surface area contributed by atoms with Crippen molar-refractivity contribution >= 4 is 22.9 Å². The average Bonchev–Trinajstić information content (AvgIpc) is 2.86. The van der Waals surface area contributed by atoms with E-state index in [1.54, 1.807) is 0 Å². The molecular weight excluding hydrogens is 282 g/mol. The number of amides is 1. The second kappa shape index (κ2) is 5.44. The van der Waals surface area contributed by atoms with Crippen LogP contribution >= 0.6 is 0 Å². The SMILES string of the molecule is CC(=O)c1nc2cc(C)ccc2n1C1CCN(C(=O)O)CC1. The van der Waals surface area contributed by atoms with Crippen LogP contribution in [0.1, 0.15) is 42.0 Å². The summed E-state index contributed by atoms with van der Waals surface area (Å²) in [6.07, 6.45) is 0.522. The van der Waals surface area contributed by atoms with Crippen LogP contribution in [0.4, 0.5) is 4.79 Å². The maximum absolute atomic E-state index is 11.9. The van der Waals surface area contributed by atoms with E-state index in [9.17, 15) is 9.59 Å². The van der Waals surface area contributed by atoms with Gasteiger partial charge in [-0.3, -0.25) is 4.79 Å². The molecule has 0 unspecified atom stereocenters. The molecule has 1 N–H and O–H groups in total. The van der Waals surface area contributed by atoms with E-state index in [1.807, 2.05) is 29.7 Å². The molecule has 3 rings (SSSR count). The lowest BCUT2D eigenvalue weighted by molar-refractivity contribution is 0.0987. The van der Waals surface area contributed by atoms with Gasteiger partial charge in [-0.2, -0.15) is 0 Å². The minimum atomic E-state index is -0.878. The van der Waals surface area contributed by atoms with Gasteiger partial charge in [0.1, 0.15) is 0 Å². The number of aromatic nitrogens is 2. The Balaban J connectivity index is 2.01. The maximum Gasteiger partial charge on any atom is 0.407 e. The van der Waals surface area contributed by atoms with Gasteiger partial charge in [0.2, 0.25) is 0 Å². The topological polar surface area (TPSA) is 75.4 Å². The highest BCUT2D eigenvalue weighted by molar-refractivity contribution is 5.95. The molecule has 0 saturated carbocycles. The molecule has 1 aromatic carbocycles. The van der Waals surface area contributed by atoms with Gasteiger partial charge < -0.3 is 14.6 Å². The smallest absolute Gasteiger partial charge is 0.407 e. The summed E-state index contributed by atoms with van der Waals surface area (Å²) in [4.78, 5) is 28.9. The molecular formula is C16H19N3O3. The molecule has 6 heteroatoms. The number of benzene rings is 1. The van der Waals surface area contributed by atoms with E-state index < -0.39 is 6.09 Å². The van der Waals surface area contributed by atoms with Crippen molar-refractivity contribution in [3.05, 3.63) is 29.6 Å². The van der Waals surface area contributed by atoms with Crippen molar-refractivity contribution in [1.82, 2.24) is 14.5 Å². The third-order valence-electron chi connectivity index (χ3n) is 4.26. The molecule has 1 aromatic heterocycles. The zero-order valence-corrected chi connectivity index (χ0v) is 12.7. The van der Waals surface area contributed by atoms with Crippen molar-refractivity contribution in [2.45, 2.75) is 32.7 Å². The van der Waals surface area contributed by atoms with E-state index in [0.717, 1.165) is 16.6 Å². The predicted molar refractivity (Wildman–Crippen MR) is 82.3 cm³/mol. The summed E-state index contributed by atoms with van der Waals surface area (Å²) in [6, 6.07) is 6.09. The quantitative estimate of drug-likeness (QED) is 0.865. The van der Waals surface area contributed by atoms with Crippen LogP contribution in [0.3, 0.4) is 0 Å². The largest absolute Gasteiger partial charge is 0.465 e. The van der Waals surface area contributed by atoms with E-state index in [2.05, 4.69) is 4.98 Å². The zero-order chi connectivity index (χ0) is 15.9. The molecule has 1 amide bonds. The fourth-order valence-corrected chi connectivity index (χ4v) is 3.14. The van der Waals surface area contributed by atoms with E-state index in [1.165, 1.54) is 11.8 Å². The molecule has 0 radical (unpaired) electrons. The number of imidazole rings is 1. The highest BCUT2D eigenvalue weighted by Crippen LogP contribution is 2.29. The predicted octanol–water partition coefficient (Wildman–Crippen LogP) is 2.86. The fraction of sp³-hybridized carbons (Fsp3) is 0.438. The lowest BCUT2D eigenvalue weighted by Crippen LogP contribution is -2.38. The Morgan fingerprint density at radius 1 is 1.27 bits per heavy atom. The normalized spacial score (nSPS) is 16.2. The van der Waals surface area contributed by atoms with Crippen molar-refractivity contribution in [2.24, 2.45) is 0 Å². The monoisotopic (exact) mass is 301 g/mol. The highest BCUT2D eigenvalue weighted by Gasteiger charge is 2.27. The van der Waals surface area contributed by atoms with E-state index >= 15 is 0 Å². The zero-order valence-electron chi connectivity index (χ0n) is 12.7. The molecule has 1 saturated heterocycles. The van der Waals surface area contributed by atoms with Crippen LogP contribution in [0.25, 0.3) is 11.0 Å². The Morgan fingerprint density at radius 2 is 1.95 bits per heavy atom. The molecule has 116 valence electrons. The van der Waals surface area contributed by atoms with E-state index in [4.69, 9.17) is 5.11 Å². The molecule has 1 aliphatic rings. The first-order valence-electron chi connectivity index (χ1n) is 7.45. The molecule has 0 spiro atoms. The number of likely N-dealkylation sites (tertiary alicyclic amines) is 1. The number of Topliss-reactive ketones (excluding diaryl/α,β-unsaturated/α-hetero) is 1. The van der Waals surface area contributed by atoms with Gasteiger partial charge in [0.05, 0.1) is 11.0 Å². The number of ketones is 1. The van der Waals surface area contributed by atoms with Gasteiger partial charge in [0.25, 0.3) is 0 Å². The molecule has 1 aliphatic heterocycles.